The molecule has 3 rings (SSSR count). The standard InChI is InChI=1S/C25H30N6O5/c1-4-5-14-31-22(26)21(24(34)29-25(31)35)30(2)15-20(32)27-17-12-10-16(11-13-17)23(33)28-18-8-6-7-9-19(18)36-3/h6-13H,4-5,14-15,26H2,1-3H3,(H,27,32)(H,28,33)(H,29,34,35). The molecule has 0 saturated heterocycles. The highest BCUT2D eigenvalue weighted by atomic mass is 16.5. The minimum atomic E-state index is -0.661. The van der Waals surface area contributed by atoms with Crippen LogP contribution < -0.4 is 37.3 Å². The highest BCUT2D eigenvalue weighted by Gasteiger charge is 2.18. The number of nitrogens with zero attached hydrogens (tertiary/aromatic N) is 2. The Labute approximate surface area is 207 Å². The lowest BCUT2D eigenvalue weighted by Crippen LogP contribution is -2.39. The summed E-state index contributed by atoms with van der Waals surface area (Å²) in [6.07, 6.45) is 1.56. The number of unbranched alkanes of at least 4 members (excludes halogenated alkanes) is 1. The lowest BCUT2D eigenvalue weighted by molar-refractivity contribution is -0.114. The van der Waals surface area contributed by atoms with Crippen molar-refractivity contribution in [1.29, 1.82) is 0 Å². The van der Waals surface area contributed by atoms with Crippen LogP contribution in [0.4, 0.5) is 22.9 Å². The zero-order valence-corrected chi connectivity index (χ0v) is 20.5. The Balaban J connectivity index is 1.66. The van der Waals surface area contributed by atoms with Crippen LogP contribution in [0.15, 0.2) is 58.1 Å². The van der Waals surface area contributed by atoms with E-state index >= 15 is 0 Å². The van der Waals surface area contributed by atoms with Gasteiger partial charge in [-0.2, -0.15) is 0 Å². The van der Waals surface area contributed by atoms with Crippen LogP contribution in [0.3, 0.4) is 0 Å². The molecule has 0 aliphatic heterocycles. The molecule has 1 aromatic heterocycles. The molecule has 0 saturated carbocycles. The van der Waals surface area contributed by atoms with Crippen LogP contribution in [0.25, 0.3) is 0 Å². The van der Waals surface area contributed by atoms with E-state index in [1.165, 1.54) is 16.6 Å². The first-order chi connectivity index (χ1) is 17.2. The van der Waals surface area contributed by atoms with Gasteiger partial charge in [0.25, 0.3) is 11.5 Å². The molecule has 190 valence electrons. The van der Waals surface area contributed by atoms with Gasteiger partial charge in [-0.15, -0.1) is 0 Å². The second-order valence-corrected chi connectivity index (χ2v) is 8.13. The molecular formula is C25H30N6O5. The fraction of sp³-hybridized carbons (Fsp3) is 0.280. The Morgan fingerprint density at radius 2 is 1.78 bits per heavy atom. The van der Waals surface area contributed by atoms with E-state index < -0.39 is 17.2 Å². The number of carbonyl (C=O) groups excluding carboxylic acids is 2. The highest BCUT2D eigenvalue weighted by molar-refractivity contribution is 6.05. The van der Waals surface area contributed by atoms with Gasteiger partial charge < -0.3 is 26.0 Å². The van der Waals surface area contributed by atoms with Crippen LogP contribution in [0.5, 0.6) is 5.75 Å². The third-order valence-corrected chi connectivity index (χ3v) is 5.50. The molecule has 5 N–H and O–H groups in total. The Bertz CT molecular complexity index is 1350. The summed E-state index contributed by atoms with van der Waals surface area (Å²) in [4.78, 5) is 53.3. The van der Waals surface area contributed by atoms with E-state index in [9.17, 15) is 19.2 Å². The largest absolute Gasteiger partial charge is 0.495 e. The van der Waals surface area contributed by atoms with Crippen molar-refractivity contribution in [3.8, 4) is 5.75 Å². The first-order valence-electron chi connectivity index (χ1n) is 11.4. The first-order valence-corrected chi connectivity index (χ1v) is 11.4. The number of aromatic nitrogens is 2. The van der Waals surface area contributed by atoms with Crippen LogP contribution in [-0.2, 0) is 11.3 Å². The summed E-state index contributed by atoms with van der Waals surface area (Å²) in [7, 11) is 3.06. The predicted molar refractivity (Wildman–Crippen MR) is 140 cm³/mol. The van der Waals surface area contributed by atoms with Gasteiger partial charge in [0, 0.05) is 24.8 Å². The monoisotopic (exact) mass is 494 g/mol. The zero-order valence-electron chi connectivity index (χ0n) is 20.5. The van der Waals surface area contributed by atoms with Gasteiger partial charge >= 0.3 is 5.69 Å². The third-order valence-electron chi connectivity index (χ3n) is 5.50. The van der Waals surface area contributed by atoms with E-state index in [0.717, 1.165) is 6.42 Å². The molecule has 0 bridgehead atoms. The summed E-state index contributed by atoms with van der Waals surface area (Å²) in [6.45, 7) is 2.15. The third kappa shape index (κ3) is 6.12. The lowest BCUT2D eigenvalue weighted by Gasteiger charge is -2.21. The Kier molecular flexibility index (Phi) is 8.50. The van der Waals surface area contributed by atoms with Crippen LogP contribution in [0.2, 0.25) is 0 Å². The second kappa shape index (κ2) is 11.7. The van der Waals surface area contributed by atoms with Gasteiger partial charge in [-0.3, -0.25) is 23.9 Å². The van der Waals surface area contributed by atoms with Crippen LogP contribution in [0.1, 0.15) is 30.1 Å². The number of hydrogen-bond acceptors (Lipinski definition) is 7. The summed E-state index contributed by atoms with van der Waals surface area (Å²) in [6, 6.07) is 13.4. The van der Waals surface area contributed by atoms with Crippen molar-refractivity contribution in [1.82, 2.24) is 9.55 Å². The van der Waals surface area contributed by atoms with Gasteiger partial charge in [0.05, 0.1) is 19.3 Å². The molecule has 0 fully saturated rings. The van der Waals surface area contributed by atoms with E-state index in [1.54, 1.807) is 55.6 Å². The van der Waals surface area contributed by atoms with Gasteiger partial charge in [-0.25, -0.2) is 4.79 Å². The van der Waals surface area contributed by atoms with Gasteiger partial charge in [0.15, 0.2) is 0 Å². The SMILES string of the molecule is CCCCn1c(N)c(N(C)CC(=O)Nc2ccc(C(=O)Nc3ccccc3OC)cc2)c(=O)[nH]c1=O. The maximum atomic E-state index is 12.6. The van der Waals surface area contributed by atoms with Crippen LogP contribution in [0, 0.1) is 0 Å². The van der Waals surface area contributed by atoms with Crippen molar-refractivity contribution in [2.75, 3.05) is 42.0 Å². The molecule has 36 heavy (non-hydrogen) atoms. The molecule has 2 amide bonds. The van der Waals surface area contributed by atoms with Crippen molar-refractivity contribution in [2.24, 2.45) is 0 Å². The zero-order chi connectivity index (χ0) is 26.2. The van der Waals surface area contributed by atoms with E-state index in [2.05, 4.69) is 15.6 Å². The first kappa shape index (κ1) is 26.1. The molecular weight excluding hydrogens is 464 g/mol. The molecule has 0 aliphatic rings. The molecule has 0 unspecified atom stereocenters. The summed E-state index contributed by atoms with van der Waals surface area (Å²) < 4.78 is 6.54. The molecule has 0 spiro atoms. The maximum absolute atomic E-state index is 12.6. The molecule has 3 aromatic rings. The van der Waals surface area contributed by atoms with Crippen molar-refractivity contribution >= 4 is 34.7 Å². The number of amides is 2. The molecule has 11 nitrogen and oxygen atoms in total. The van der Waals surface area contributed by atoms with E-state index in [-0.39, 0.29) is 24.0 Å². The number of hydrogen-bond donors (Lipinski definition) is 4. The van der Waals surface area contributed by atoms with E-state index in [1.807, 2.05) is 6.92 Å². The van der Waals surface area contributed by atoms with Gasteiger partial charge in [-0.1, -0.05) is 25.5 Å². The summed E-state index contributed by atoms with van der Waals surface area (Å²) in [5.74, 6) is -0.184. The topological polar surface area (TPSA) is 152 Å². The summed E-state index contributed by atoms with van der Waals surface area (Å²) in [5, 5.41) is 5.51. The van der Waals surface area contributed by atoms with Crippen molar-refractivity contribution in [2.45, 2.75) is 26.3 Å². The number of likely N-dealkylation sites (N-methyl/N-ethyl adjacent to an activating group) is 1. The number of para-hydroxylation sites is 2. The number of methoxy groups -OCH3 is 1. The van der Waals surface area contributed by atoms with E-state index in [4.69, 9.17) is 10.5 Å². The minimum absolute atomic E-state index is 0.0120. The number of nitrogens with two attached hydrogens (primary N) is 1. The fourth-order valence-corrected chi connectivity index (χ4v) is 3.63. The maximum Gasteiger partial charge on any atom is 0.330 e. The predicted octanol–water partition coefficient (Wildman–Crippen LogP) is 2.25. The lowest BCUT2D eigenvalue weighted by atomic mass is 10.2. The van der Waals surface area contributed by atoms with Crippen LogP contribution >= 0.6 is 0 Å². The fourth-order valence-electron chi connectivity index (χ4n) is 3.63. The number of aromatic amines is 1. The minimum Gasteiger partial charge on any atom is -0.495 e. The number of rotatable bonds is 10. The average Bonchev–Trinajstić information content (AvgIpc) is 2.84. The number of benzene rings is 2. The van der Waals surface area contributed by atoms with Crippen molar-refractivity contribution < 1.29 is 14.3 Å². The normalized spacial score (nSPS) is 10.5. The number of carbonyl (C=O) groups is 2. The quantitative estimate of drug-likeness (QED) is 0.337. The number of nitrogen functional groups attached to an aromatic ring is 1. The molecule has 1 heterocycles. The summed E-state index contributed by atoms with van der Waals surface area (Å²) >= 11 is 0. The van der Waals surface area contributed by atoms with Gasteiger partial charge in [0.2, 0.25) is 5.91 Å². The van der Waals surface area contributed by atoms with Gasteiger partial charge in [0.1, 0.15) is 17.3 Å². The van der Waals surface area contributed by atoms with E-state index in [0.29, 0.717) is 35.7 Å². The highest BCUT2D eigenvalue weighted by Crippen LogP contribution is 2.24. The Morgan fingerprint density at radius 1 is 1.08 bits per heavy atom. The molecule has 0 radical (unpaired) electrons. The Hall–Kier alpha value is -4.54. The summed E-state index contributed by atoms with van der Waals surface area (Å²) in [5.41, 5.74) is 6.31. The Morgan fingerprint density at radius 3 is 2.44 bits per heavy atom. The van der Waals surface area contributed by atoms with Gasteiger partial charge in [-0.05, 0) is 42.8 Å². The number of H-pyrrole nitrogens is 1. The van der Waals surface area contributed by atoms with Crippen molar-refractivity contribution in [3.63, 3.8) is 0 Å². The average molecular weight is 495 g/mol. The van der Waals surface area contributed by atoms with Crippen LogP contribution in [-0.4, -0.2) is 42.1 Å². The number of anilines is 4. The molecule has 11 heteroatoms. The second-order valence-electron chi connectivity index (χ2n) is 8.13. The molecule has 0 atom stereocenters. The molecule has 0 aliphatic carbocycles. The number of nitrogens with one attached hydrogen (secondary N) is 3. The smallest absolute Gasteiger partial charge is 0.330 e. The van der Waals surface area contributed by atoms with Crippen molar-refractivity contribution in [3.05, 3.63) is 74.9 Å². The molecule has 2 aromatic carbocycles. The number of ether oxygens (including phenoxy) is 1.